The highest BCUT2D eigenvalue weighted by molar-refractivity contribution is 7.97. The van der Waals surface area contributed by atoms with Crippen LogP contribution in [-0.2, 0) is 17.8 Å². The number of rotatable bonds is 7. The van der Waals surface area contributed by atoms with Crippen molar-refractivity contribution in [2.45, 2.75) is 17.9 Å². The number of anilines is 2. The van der Waals surface area contributed by atoms with E-state index in [4.69, 9.17) is 16.7 Å². The summed E-state index contributed by atoms with van der Waals surface area (Å²) in [5.74, 6) is -0.143. The van der Waals surface area contributed by atoms with E-state index < -0.39 is 0 Å². The van der Waals surface area contributed by atoms with Gasteiger partial charge in [0.15, 0.2) is 0 Å². The normalized spacial score (nSPS) is 11.0. The maximum Gasteiger partial charge on any atom is 0.228 e. The summed E-state index contributed by atoms with van der Waals surface area (Å²) in [4.78, 5) is 15.6. The average Bonchev–Trinajstić information content (AvgIpc) is 3.17. The third-order valence-corrected chi connectivity index (χ3v) is 6.16. The minimum Gasteiger partial charge on any atom is -0.378 e. The highest BCUT2D eigenvalue weighted by Gasteiger charge is 2.13. The number of nitrogens with two attached hydrogens (primary N) is 1. The van der Waals surface area contributed by atoms with Gasteiger partial charge in [0.25, 0.3) is 0 Å². The summed E-state index contributed by atoms with van der Waals surface area (Å²) in [6, 6.07) is 19.5. The molecule has 0 unspecified atom stereocenters. The van der Waals surface area contributed by atoms with Crippen molar-refractivity contribution in [1.29, 1.82) is 0 Å². The van der Waals surface area contributed by atoms with E-state index in [0.717, 1.165) is 44.6 Å². The first kappa shape index (κ1) is 22.2. The zero-order valence-electron chi connectivity index (χ0n) is 17.9. The molecule has 0 aliphatic rings. The van der Waals surface area contributed by atoms with Crippen LogP contribution in [0.15, 0.2) is 71.8 Å². The number of carbonyl (C=O) groups is 1. The van der Waals surface area contributed by atoms with Crippen LogP contribution >= 0.6 is 23.5 Å². The van der Waals surface area contributed by atoms with Crippen LogP contribution in [0.5, 0.6) is 0 Å². The molecule has 1 aromatic heterocycles. The Morgan fingerprint density at radius 3 is 2.72 bits per heavy atom. The number of hydrogen-bond donors (Lipinski definition) is 2. The molecular weight excluding hydrogens is 442 g/mol. The van der Waals surface area contributed by atoms with Crippen LogP contribution in [0.1, 0.15) is 11.1 Å². The van der Waals surface area contributed by atoms with Gasteiger partial charge in [-0.2, -0.15) is 5.10 Å². The van der Waals surface area contributed by atoms with Gasteiger partial charge in [0, 0.05) is 40.8 Å². The fourth-order valence-corrected chi connectivity index (χ4v) is 4.25. The highest BCUT2D eigenvalue weighted by atomic mass is 35.5. The molecule has 0 saturated carbocycles. The number of aromatic nitrogens is 2. The molecule has 164 valence electrons. The van der Waals surface area contributed by atoms with Crippen LogP contribution in [0.25, 0.3) is 10.9 Å². The summed E-state index contributed by atoms with van der Waals surface area (Å²) in [6.07, 6.45) is 2.01. The summed E-state index contributed by atoms with van der Waals surface area (Å²) < 4.78 is 1.92. The number of carbonyl (C=O) groups excluding carboxylic acids is 1. The first-order valence-electron chi connectivity index (χ1n) is 10.1. The Bertz CT molecular complexity index is 1270. The number of benzene rings is 3. The number of halogens is 1. The van der Waals surface area contributed by atoms with Gasteiger partial charge in [0.2, 0.25) is 5.91 Å². The lowest BCUT2D eigenvalue weighted by atomic mass is 10.1. The molecule has 4 aromatic rings. The summed E-state index contributed by atoms with van der Waals surface area (Å²) in [7, 11) is 4.04. The molecule has 6 nitrogen and oxygen atoms in total. The Kier molecular flexibility index (Phi) is 6.69. The second-order valence-corrected chi connectivity index (χ2v) is 8.79. The smallest absolute Gasteiger partial charge is 0.228 e. The van der Waals surface area contributed by atoms with Crippen molar-refractivity contribution in [2.24, 2.45) is 5.14 Å². The number of hydrogen-bond acceptors (Lipinski definition) is 5. The lowest BCUT2D eigenvalue weighted by molar-refractivity contribution is -0.115. The Morgan fingerprint density at radius 1 is 1.16 bits per heavy atom. The monoisotopic (exact) mass is 465 g/mol. The number of nitrogens with one attached hydrogen (secondary N) is 1. The van der Waals surface area contributed by atoms with Crippen molar-refractivity contribution < 1.29 is 4.79 Å². The quantitative estimate of drug-likeness (QED) is 0.377. The van der Waals surface area contributed by atoms with E-state index in [-0.39, 0.29) is 12.3 Å². The molecule has 3 aromatic carbocycles. The average molecular weight is 466 g/mol. The van der Waals surface area contributed by atoms with E-state index in [1.807, 2.05) is 61.4 Å². The topological polar surface area (TPSA) is 76.2 Å². The molecule has 0 radical (unpaired) electrons. The zero-order chi connectivity index (χ0) is 22.7. The van der Waals surface area contributed by atoms with Crippen LogP contribution in [0.2, 0.25) is 5.02 Å². The highest BCUT2D eigenvalue weighted by Crippen LogP contribution is 2.30. The number of nitrogens with zero attached hydrogens (tertiary/aromatic N) is 3. The summed E-state index contributed by atoms with van der Waals surface area (Å²) in [6.45, 7) is 0.608. The number of amides is 1. The first-order chi connectivity index (χ1) is 15.4. The molecule has 8 heteroatoms. The van der Waals surface area contributed by atoms with Crippen LogP contribution < -0.4 is 15.4 Å². The lowest BCUT2D eigenvalue weighted by Crippen LogP contribution is -2.15. The van der Waals surface area contributed by atoms with E-state index in [1.165, 1.54) is 0 Å². The Balaban J connectivity index is 1.61. The van der Waals surface area contributed by atoms with Crippen molar-refractivity contribution in [3.63, 3.8) is 0 Å². The molecule has 0 spiro atoms. The van der Waals surface area contributed by atoms with E-state index in [0.29, 0.717) is 17.3 Å². The Labute approximate surface area is 196 Å². The second-order valence-electron chi connectivity index (χ2n) is 7.71. The minimum atomic E-state index is -0.143. The SMILES string of the molecule is CN(C)c1cccc(Cn2ncc3c(SN)cc(NC(=O)Cc4ccccc4Cl)cc32)c1. The van der Waals surface area contributed by atoms with Gasteiger partial charge < -0.3 is 10.2 Å². The Hall–Kier alpha value is -3.00. The molecule has 0 atom stereocenters. The van der Waals surface area contributed by atoms with Crippen LogP contribution in [0.4, 0.5) is 11.4 Å². The Morgan fingerprint density at radius 2 is 1.97 bits per heavy atom. The maximum absolute atomic E-state index is 12.7. The minimum absolute atomic E-state index is 0.143. The van der Waals surface area contributed by atoms with Crippen molar-refractivity contribution in [2.75, 3.05) is 24.3 Å². The lowest BCUT2D eigenvalue weighted by Gasteiger charge is -2.14. The fraction of sp³-hybridized carbons (Fsp3) is 0.167. The van der Waals surface area contributed by atoms with Gasteiger partial charge in [-0.3, -0.25) is 14.6 Å². The van der Waals surface area contributed by atoms with Gasteiger partial charge in [0.1, 0.15) is 0 Å². The van der Waals surface area contributed by atoms with Gasteiger partial charge in [-0.25, -0.2) is 0 Å². The summed E-state index contributed by atoms with van der Waals surface area (Å²) in [5.41, 5.74) is 4.63. The number of fused-ring (bicyclic) bond motifs is 1. The van der Waals surface area contributed by atoms with Gasteiger partial charge in [-0.15, -0.1) is 0 Å². The molecule has 0 saturated heterocycles. The molecule has 0 fully saturated rings. The third-order valence-electron chi connectivity index (χ3n) is 5.20. The van der Waals surface area contributed by atoms with E-state index in [9.17, 15) is 4.79 Å². The largest absolute Gasteiger partial charge is 0.378 e. The molecule has 32 heavy (non-hydrogen) atoms. The van der Waals surface area contributed by atoms with Gasteiger partial charge in [0.05, 0.1) is 24.7 Å². The molecule has 0 bridgehead atoms. The van der Waals surface area contributed by atoms with E-state index in [1.54, 1.807) is 6.07 Å². The summed E-state index contributed by atoms with van der Waals surface area (Å²) >= 11 is 7.34. The molecule has 3 N–H and O–H groups in total. The fourth-order valence-electron chi connectivity index (χ4n) is 3.57. The molecular formula is C24H24ClN5OS. The van der Waals surface area contributed by atoms with Crippen molar-refractivity contribution >= 4 is 51.7 Å². The molecule has 0 aliphatic carbocycles. The van der Waals surface area contributed by atoms with Crippen molar-refractivity contribution in [1.82, 2.24) is 9.78 Å². The van der Waals surface area contributed by atoms with Crippen LogP contribution in [0.3, 0.4) is 0 Å². The molecule has 4 rings (SSSR count). The standard InChI is InChI=1S/C24H24ClN5OS/c1-29(2)19-8-5-6-16(10-19)15-30-22-12-18(13-23(32-26)20(22)14-27-30)28-24(31)11-17-7-3-4-9-21(17)25/h3-10,12-14H,11,15,26H2,1-2H3,(H,28,31). The van der Waals surface area contributed by atoms with E-state index in [2.05, 4.69) is 33.5 Å². The van der Waals surface area contributed by atoms with Crippen LogP contribution in [0, 0.1) is 0 Å². The van der Waals surface area contributed by atoms with E-state index >= 15 is 0 Å². The van der Waals surface area contributed by atoms with Gasteiger partial charge in [-0.05, 0) is 53.4 Å². The predicted octanol–water partition coefficient (Wildman–Crippen LogP) is 4.95. The first-order valence-corrected chi connectivity index (χ1v) is 11.4. The van der Waals surface area contributed by atoms with Gasteiger partial charge >= 0.3 is 0 Å². The molecule has 1 amide bonds. The molecule has 1 heterocycles. The second kappa shape index (κ2) is 9.65. The molecule has 0 aliphatic heterocycles. The van der Waals surface area contributed by atoms with Crippen LogP contribution in [-0.4, -0.2) is 29.8 Å². The zero-order valence-corrected chi connectivity index (χ0v) is 19.5. The van der Waals surface area contributed by atoms with Gasteiger partial charge in [-0.1, -0.05) is 41.9 Å². The predicted molar refractivity (Wildman–Crippen MR) is 133 cm³/mol. The maximum atomic E-state index is 12.7. The summed E-state index contributed by atoms with van der Waals surface area (Å²) in [5, 5.41) is 15.0. The van der Waals surface area contributed by atoms with Crippen molar-refractivity contribution in [3.8, 4) is 0 Å². The van der Waals surface area contributed by atoms with Crippen molar-refractivity contribution in [3.05, 3.63) is 83.0 Å². The third kappa shape index (κ3) is 4.91.